The highest BCUT2D eigenvalue weighted by molar-refractivity contribution is 6.04. The van der Waals surface area contributed by atoms with Gasteiger partial charge in [0.25, 0.3) is 0 Å². The molecule has 0 aliphatic rings. The second-order valence-electron chi connectivity index (χ2n) is 4.55. The van der Waals surface area contributed by atoms with E-state index in [1.807, 2.05) is 24.3 Å². The van der Waals surface area contributed by atoms with Crippen LogP contribution in [0.4, 0.5) is 5.69 Å². The number of fused-ring (bicyclic) bond motifs is 1. The molecule has 5 nitrogen and oxygen atoms in total. The van der Waals surface area contributed by atoms with Crippen molar-refractivity contribution < 1.29 is 9.59 Å². The van der Waals surface area contributed by atoms with Gasteiger partial charge in [0.15, 0.2) is 0 Å². The highest BCUT2D eigenvalue weighted by Gasteiger charge is 2.18. The second kappa shape index (κ2) is 6.65. The zero-order chi connectivity index (χ0) is 15.2. The van der Waals surface area contributed by atoms with Crippen LogP contribution < -0.4 is 10.2 Å². The van der Waals surface area contributed by atoms with Gasteiger partial charge in [-0.25, -0.2) is 0 Å². The summed E-state index contributed by atoms with van der Waals surface area (Å²) < 4.78 is 0. The summed E-state index contributed by atoms with van der Waals surface area (Å²) in [4.78, 5) is 29.5. The Balaban J connectivity index is 2.35. The average Bonchev–Trinajstić information content (AvgIpc) is 2.50. The van der Waals surface area contributed by atoms with Crippen molar-refractivity contribution in [2.24, 2.45) is 0 Å². The number of rotatable bonds is 5. The summed E-state index contributed by atoms with van der Waals surface area (Å²) in [5.41, 5.74) is 1.33. The van der Waals surface area contributed by atoms with Gasteiger partial charge in [0.05, 0.1) is 11.2 Å². The number of amides is 2. The lowest BCUT2D eigenvalue weighted by Crippen LogP contribution is -2.40. The number of para-hydroxylation sites is 1. The molecule has 0 aliphatic carbocycles. The van der Waals surface area contributed by atoms with Crippen LogP contribution in [0.2, 0.25) is 0 Å². The molecule has 0 fully saturated rings. The third-order valence-corrected chi connectivity index (χ3v) is 3.03. The second-order valence-corrected chi connectivity index (χ2v) is 4.55. The molecule has 1 aromatic carbocycles. The van der Waals surface area contributed by atoms with Gasteiger partial charge in [0.1, 0.15) is 6.54 Å². The minimum atomic E-state index is -0.238. The van der Waals surface area contributed by atoms with Crippen LogP contribution in [-0.2, 0) is 9.59 Å². The maximum Gasteiger partial charge on any atom is 0.240 e. The number of carbonyl (C=O) groups excluding carboxylic acids is 2. The molecule has 0 spiro atoms. The number of nitrogens with one attached hydrogen (secondary N) is 1. The van der Waals surface area contributed by atoms with E-state index in [2.05, 4.69) is 16.9 Å². The Morgan fingerprint density at radius 1 is 1.33 bits per heavy atom. The molecule has 2 rings (SSSR count). The van der Waals surface area contributed by atoms with Crippen molar-refractivity contribution in [3.8, 4) is 0 Å². The fourth-order valence-corrected chi connectivity index (χ4v) is 2.06. The third-order valence-electron chi connectivity index (χ3n) is 3.03. The lowest BCUT2D eigenvalue weighted by Gasteiger charge is -2.21. The number of pyridine rings is 1. The Morgan fingerprint density at radius 2 is 2.10 bits per heavy atom. The molecule has 1 N–H and O–H groups in total. The molecule has 108 valence electrons. The quantitative estimate of drug-likeness (QED) is 0.852. The highest BCUT2D eigenvalue weighted by Crippen LogP contribution is 2.24. The topological polar surface area (TPSA) is 62.3 Å². The molecule has 2 aromatic rings. The van der Waals surface area contributed by atoms with Crippen molar-refractivity contribution in [1.82, 2.24) is 10.3 Å². The van der Waals surface area contributed by atoms with E-state index in [1.165, 1.54) is 11.8 Å². The lowest BCUT2D eigenvalue weighted by molar-refractivity contribution is -0.122. The minimum Gasteiger partial charge on any atom is -0.351 e. The van der Waals surface area contributed by atoms with Crippen molar-refractivity contribution in [1.29, 1.82) is 0 Å². The van der Waals surface area contributed by atoms with Crippen LogP contribution in [0, 0.1) is 0 Å². The number of carbonyl (C=O) groups is 2. The van der Waals surface area contributed by atoms with E-state index in [4.69, 9.17) is 0 Å². The first kappa shape index (κ1) is 14.7. The average molecular weight is 283 g/mol. The highest BCUT2D eigenvalue weighted by atomic mass is 16.2. The van der Waals surface area contributed by atoms with Crippen molar-refractivity contribution >= 4 is 28.4 Å². The van der Waals surface area contributed by atoms with Crippen LogP contribution in [0.25, 0.3) is 10.9 Å². The third kappa shape index (κ3) is 3.45. The predicted octanol–water partition coefficient (Wildman–Crippen LogP) is 1.89. The Labute approximate surface area is 123 Å². The van der Waals surface area contributed by atoms with Crippen LogP contribution in [-0.4, -0.2) is 29.9 Å². The first-order valence-corrected chi connectivity index (χ1v) is 6.63. The van der Waals surface area contributed by atoms with E-state index >= 15 is 0 Å². The fraction of sp³-hybridized carbons (Fsp3) is 0.188. The molecule has 2 amide bonds. The van der Waals surface area contributed by atoms with Crippen LogP contribution in [0.15, 0.2) is 49.2 Å². The van der Waals surface area contributed by atoms with E-state index in [1.54, 1.807) is 18.3 Å². The minimum absolute atomic E-state index is 0.0428. The first-order valence-electron chi connectivity index (χ1n) is 6.63. The molecule has 0 aliphatic heterocycles. The largest absolute Gasteiger partial charge is 0.351 e. The summed E-state index contributed by atoms with van der Waals surface area (Å²) in [6.07, 6.45) is 3.26. The standard InChI is InChI=1S/C16H17N3O2/c1-3-9-17-15(21)11-19(12(2)20)14-8-4-6-13-7-5-10-18-16(13)14/h3-8,10H,1,9,11H2,2H3,(H,17,21). The van der Waals surface area contributed by atoms with E-state index in [9.17, 15) is 9.59 Å². The zero-order valence-corrected chi connectivity index (χ0v) is 11.9. The number of anilines is 1. The zero-order valence-electron chi connectivity index (χ0n) is 11.9. The van der Waals surface area contributed by atoms with E-state index in [-0.39, 0.29) is 18.4 Å². The van der Waals surface area contributed by atoms with E-state index in [0.29, 0.717) is 17.7 Å². The van der Waals surface area contributed by atoms with Gasteiger partial charge in [0, 0.05) is 25.1 Å². The number of hydrogen-bond acceptors (Lipinski definition) is 3. The van der Waals surface area contributed by atoms with E-state index < -0.39 is 0 Å². The Hall–Kier alpha value is -2.69. The molecule has 0 saturated carbocycles. The smallest absolute Gasteiger partial charge is 0.240 e. The summed E-state index contributed by atoms with van der Waals surface area (Å²) in [6.45, 7) is 5.30. The molecule has 1 aromatic heterocycles. The molecular formula is C16H17N3O2. The normalized spacial score (nSPS) is 10.1. The molecule has 0 bridgehead atoms. The van der Waals surface area contributed by atoms with E-state index in [0.717, 1.165) is 5.39 Å². The maximum absolute atomic E-state index is 11.9. The van der Waals surface area contributed by atoms with Crippen molar-refractivity contribution in [3.63, 3.8) is 0 Å². The Bertz CT molecular complexity index is 677. The van der Waals surface area contributed by atoms with Gasteiger partial charge in [-0.1, -0.05) is 24.3 Å². The molecular weight excluding hydrogens is 266 g/mol. The molecule has 0 atom stereocenters. The van der Waals surface area contributed by atoms with Gasteiger partial charge >= 0.3 is 0 Å². The summed E-state index contributed by atoms with van der Waals surface area (Å²) in [5, 5.41) is 3.59. The summed E-state index contributed by atoms with van der Waals surface area (Å²) in [7, 11) is 0. The number of aromatic nitrogens is 1. The predicted molar refractivity (Wildman–Crippen MR) is 83.0 cm³/mol. The number of benzene rings is 1. The number of hydrogen-bond donors (Lipinski definition) is 1. The van der Waals surface area contributed by atoms with Gasteiger partial charge < -0.3 is 10.2 Å². The van der Waals surface area contributed by atoms with Crippen LogP contribution in [0.3, 0.4) is 0 Å². The van der Waals surface area contributed by atoms with Crippen LogP contribution >= 0.6 is 0 Å². The van der Waals surface area contributed by atoms with Crippen molar-refractivity contribution in [3.05, 3.63) is 49.2 Å². The molecule has 0 radical (unpaired) electrons. The fourth-order valence-electron chi connectivity index (χ4n) is 2.06. The summed E-state index contributed by atoms with van der Waals surface area (Å²) >= 11 is 0. The Kier molecular flexibility index (Phi) is 4.66. The van der Waals surface area contributed by atoms with Crippen LogP contribution in [0.1, 0.15) is 6.92 Å². The molecule has 21 heavy (non-hydrogen) atoms. The lowest BCUT2D eigenvalue weighted by atomic mass is 10.1. The number of nitrogens with zero attached hydrogens (tertiary/aromatic N) is 2. The monoisotopic (exact) mass is 283 g/mol. The van der Waals surface area contributed by atoms with Crippen molar-refractivity contribution in [2.45, 2.75) is 6.92 Å². The van der Waals surface area contributed by atoms with Gasteiger partial charge in [-0.3, -0.25) is 14.6 Å². The first-order chi connectivity index (χ1) is 10.1. The van der Waals surface area contributed by atoms with Gasteiger partial charge in [-0.05, 0) is 12.1 Å². The van der Waals surface area contributed by atoms with Gasteiger partial charge in [0.2, 0.25) is 11.8 Å². The van der Waals surface area contributed by atoms with Crippen LogP contribution in [0.5, 0.6) is 0 Å². The van der Waals surface area contributed by atoms with Gasteiger partial charge in [-0.2, -0.15) is 0 Å². The SMILES string of the molecule is C=CCNC(=O)CN(C(C)=O)c1cccc2cccnc12. The summed E-state index contributed by atoms with van der Waals surface area (Å²) in [6, 6.07) is 9.30. The Morgan fingerprint density at radius 3 is 2.81 bits per heavy atom. The molecule has 0 saturated heterocycles. The summed E-state index contributed by atoms with van der Waals surface area (Å²) in [5.74, 6) is -0.444. The maximum atomic E-state index is 11.9. The molecule has 5 heteroatoms. The molecule has 0 unspecified atom stereocenters. The molecule has 1 heterocycles. The van der Waals surface area contributed by atoms with Crippen molar-refractivity contribution in [2.75, 3.05) is 18.0 Å². The van der Waals surface area contributed by atoms with Gasteiger partial charge in [-0.15, -0.1) is 6.58 Å².